The summed E-state index contributed by atoms with van der Waals surface area (Å²) >= 11 is 0. The van der Waals surface area contributed by atoms with Crippen molar-refractivity contribution in [3.8, 4) is 5.75 Å². The van der Waals surface area contributed by atoms with E-state index in [2.05, 4.69) is 37.2 Å². The van der Waals surface area contributed by atoms with Crippen molar-refractivity contribution < 1.29 is 4.74 Å². The van der Waals surface area contributed by atoms with Crippen LogP contribution in [-0.2, 0) is 0 Å². The Bertz CT molecular complexity index is 678. The zero-order chi connectivity index (χ0) is 17.6. The molecule has 0 unspecified atom stereocenters. The maximum absolute atomic E-state index is 5.48. The first-order valence-electron chi connectivity index (χ1n) is 8.82. The number of aryl methyl sites for hydroxylation is 2. The number of hydrogen-bond acceptors (Lipinski definition) is 6. The fraction of sp³-hybridized carbons (Fsp3) is 0.474. The zero-order valence-corrected chi connectivity index (χ0v) is 15.3. The number of piperazine rings is 1. The predicted molar refractivity (Wildman–Crippen MR) is 102 cm³/mol. The summed E-state index contributed by atoms with van der Waals surface area (Å²) in [6.45, 7) is 9.98. The second-order valence-electron chi connectivity index (χ2n) is 6.40. The maximum atomic E-state index is 5.48. The number of ether oxygens (including phenoxy) is 1. The highest BCUT2D eigenvalue weighted by molar-refractivity contribution is 5.58. The molecule has 3 rings (SSSR count). The van der Waals surface area contributed by atoms with Crippen molar-refractivity contribution in [1.29, 1.82) is 0 Å². The van der Waals surface area contributed by atoms with E-state index in [4.69, 9.17) is 4.74 Å². The van der Waals surface area contributed by atoms with E-state index >= 15 is 0 Å². The molecule has 0 saturated carbocycles. The van der Waals surface area contributed by atoms with Gasteiger partial charge in [-0.25, -0.2) is 9.97 Å². The van der Waals surface area contributed by atoms with Gasteiger partial charge in [0.15, 0.2) is 0 Å². The molecule has 25 heavy (non-hydrogen) atoms. The van der Waals surface area contributed by atoms with Crippen molar-refractivity contribution in [2.45, 2.75) is 13.8 Å². The van der Waals surface area contributed by atoms with Crippen molar-refractivity contribution in [3.05, 3.63) is 41.7 Å². The molecule has 2 aromatic rings. The number of nitrogens with one attached hydrogen (secondary N) is 1. The lowest BCUT2D eigenvalue weighted by molar-refractivity contribution is 0.266. The van der Waals surface area contributed by atoms with Crippen molar-refractivity contribution in [2.24, 2.45) is 0 Å². The molecule has 6 nitrogen and oxygen atoms in total. The SMILES string of the molecule is COc1ccccc1N1CCN(CCNc2nc(C)cc(C)n2)CC1. The first-order valence-corrected chi connectivity index (χ1v) is 8.82. The number of aromatic nitrogens is 2. The summed E-state index contributed by atoms with van der Waals surface area (Å²) in [6, 6.07) is 10.2. The zero-order valence-electron chi connectivity index (χ0n) is 15.3. The lowest BCUT2D eigenvalue weighted by Gasteiger charge is -2.36. The van der Waals surface area contributed by atoms with E-state index in [1.165, 1.54) is 5.69 Å². The summed E-state index contributed by atoms with van der Waals surface area (Å²) in [5.74, 6) is 1.68. The number of para-hydroxylation sites is 2. The van der Waals surface area contributed by atoms with Crippen molar-refractivity contribution in [3.63, 3.8) is 0 Å². The van der Waals surface area contributed by atoms with Crippen LogP contribution in [0.3, 0.4) is 0 Å². The summed E-state index contributed by atoms with van der Waals surface area (Å²) in [7, 11) is 1.73. The number of hydrogen-bond donors (Lipinski definition) is 1. The smallest absolute Gasteiger partial charge is 0.223 e. The van der Waals surface area contributed by atoms with E-state index < -0.39 is 0 Å². The lowest BCUT2D eigenvalue weighted by atomic mass is 10.2. The van der Waals surface area contributed by atoms with Gasteiger partial charge in [-0.05, 0) is 32.0 Å². The normalized spacial score (nSPS) is 15.2. The number of anilines is 2. The van der Waals surface area contributed by atoms with Gasteiger partial charge in [0, 0.05) is 50.7 Å². The second-order valence-corrected chi connectivity index (χ2v) is 6.40. The van der Waals surface area contributed by atoms with E-state index in [-0.39, 0.29) is 0 Å². The fourth-order valence-corrected chi connectivity index (χ4v) is 3.23. The van der Waals surface area contributed by atoms with E-state index in [1.807, 2.05) is 32.0 Å². The summed E-state index contributed by atoms with van der Waals surface area (Å²) in [5, 5.41) is 3.34. The van der Waals surface area contributed by atoms with Gasteiger partial charge in [-0.3, -0.25) is 4.90 Å². The van der Waals surface area contributed by atoms with E-state index in [1.54, 1.807) is 7.11 Å². The van der Waals surface area contributed by atoms with Crippen LogP contribution in [0.2, 0.25) is 0 Å². The molecule has 0 bridgehead atoms. The van der Waals surface area contributed by atoms with E-state index in [0.717, 1.165) is 62.4 Å². The molecule has 1 N–H and O–H groups in total. The Morgan fingerprint density at radius 3 is 2.40 bits per heavy atom. The van der Waals surface area contributed by atoms with Crippen LogP contribution in [0.5, 0.6) is 5.75 Å². The average molecular weight is 341 g/mol. The molecule has 1 fully saturated rings. The quantitative estimate of drug-likeness (QED) is 0.870. The molecule has 0 spiro atoms. The minimum absolute atomic E-state index is 0.727. The molecule has 1 aliphatic rings. The van der Waals surface area contributed by atoms with Crippen LogP contribution >= 0.6 is 0 Å². The Morgan fingerprint density at radius 2 is 1.72 bits per heavy atom. The first-order chi connectivity index (χ1) is 12.2. The summed E-state index contributed by atoms with van der Waals surface area (Å²) in [4.78, 5) is 13.7. The van der Waals surface area contributed by atoms with Gasteiger partial charge in [-0.1, -0.05) is 12.1 Å². The van der Waals surface area contributed by atoms with Crippen LogP contribution in [0, 0.1) is 13.8 Å². The minimum Gasteiger partial charge on any atom is -0.495 e. The number of nitrogens with zero attached hydrogens (tertiary/aromatic N) is 4. The first kappa shape index (κ1) is 17.5. The van der Waals surface area contributed by atoms with Gasteiger partial charge in [0.1, 0.15) is 5.75 Å². The number of methoxy groups -OCH3 is 1. The molecule has 6 heteroatoms. The Hall–Kier alpha value is -2.34. The Morgan fingerprint density at radius 1 is 1.04 bits per heavy atom. The third kappa shape index (κ3) is 4.60. The molecule has 0 aliphatic carbocycles. The van der Waals surface area contributed by atoms with Gasteiger partial charge in [0.25, 0.3) is 0 Å². The number of benzene rings is 1. The van der Waals surface area contributed by atoms with Crippen LogP contribution < -0.4 is 15.0 Å². The van der Waals surface area contributed by atoms with Gasteiger partial charge >= 0.3 is 0 Å². The summed E-state index contributed by atoms with van der Waals surface area (Å²) in [5.41, 5.74) is 3.19. The third-order valence-corrected chi connectivity index (χ3v) is 4.49. The summed E-state index contributed by atoms with van der Waals surface area (Å²) < 4.78 is 5.48. The molecule has 0 radical (unpaired) electrons. The average Bonchev–Trinajstić information content (AvgIpc) is 2.61. The molecular formula is C19H27N5O. The van der Waals surface area contributed by atoms with E-state index in [9.17, 15) is 0 Å². The predicted octanol–water partition coefficient (Wildman–Crippen LogP) is 2.34. The maximum Gasteiger partial charge on any atom is 0.223 e. The molecule has 1 aromatic heterocycles. The number of rotatable bonds is 6. The Labute approximate surface area is 149 Å². The van der Waals surface area contributed by atoms with Crippen molar-refractivity contribution in [2.75, 3.05) is 56.6 Å². The highest BCUT2D eigenvalue weighted by Crippen LogP contribution is 2.28. The minimum atomic E-state index is 0.727. The molecule has 0 atom stereocenters. The Balaban J connectivity index is 1.46. The van der Waals surface area contributed by atoms with Crippen LogP contribution in [-0.4, -0.2) is 61.2 Å². The third-order valence-electron chi connectivity index (χ3n) is 4.49. The summed E-state index contributed by atoms with van der Waals surface area (Å²) in [6.07, 6.45) is 0. The van der Waals surface area contributed by atoms with Gasteiger partial charge in [0.2, 0.25) is 5.95 Å². The molecular weight excluding hydrogens is 314 g/mol. The topological polar surface area (TPSA) is 53.5 Å². The van der Waals surface area contributed by atoms with Crippen molar-refractivity contribution >= 4 is 11.6 Å². The second kappa shape index (κ2) is 8.16. The fourth-order valence-electron chi connectivity index (χ4n) is 3.23. The van der Waals surface area contributed by atoms with Gasteiger partial charge in [0.05, 0.1) is 12.8 Å². The molecule has 134 valence electrons. The molecule has 1 aromatic carbocycles. The van der Waals surface area contributed by atoms with Crippen LogP contribution in [0.15, 0.2) is 30.3 Å². The van der Waals surface area contributed by atoms with Gasteiger partial charge in [-0.2, -0.15) is 0 Å². The molecule has 1 aliphatic heterocycles. The van der Waals surface area contributed by atoms with Gasteiger partial charge < -0.3 is 15.0 Å². The molecule has 1 saturated heterocycles. The van der Waals surface area contributed by atoms with Crippen LogP contribution in [0.4, 0.5) is 11.6 Å². The standard InChI is InChI=1S/C19H27N5O/c1-15-14-16(2)22-19(21-15)20-8-9-23-10-12-24(13-11-23)17-6-4-5-7-18(17)25-3/h4-7,14H,8-13H2,1-3H3,(H,20,21,22). The highest BCUT2D eigenvalue weighted by atomic mass is 16.5. The van der Waals surface area contributed by atoms with Crippen LogP contribution in [0.1, 0.15) is 11.4 Å². The monoisotopic (exact) mass is 341 g/mol. The lowest BCUT2D eigenvalue weighted by Crippen LogP contribution is -2.47. The van der Waals surface area contributed by atoms with Gasteiger partial charge in [-0.15, -0.1) is 0 Å². The highest BCUT2D eigenvalue weighted by Gasteiger charge is 2.19. The van der Waals surface area contributed by atoms with E-state index in [0.29, 0.717) is 0 Å². The largest absolute Gasteiger partial charge is 0.495 e. The molecule has 0 amide bonds. The van der Waals surface area contributed by atoms with Crippen molar-refractivity contribution in [1.82, 2.24) is 14.9 Å². The Kier molecular flexibility index (Phi) is 5.71. The van der Waals surface area contributed by atoms with Crippen LogP contribution in [0.25, 0.3) is 0 Å². The molecule has 2 heterocycles.